The minimum atomic E-state index is -0.834. The van der Waals surface area contributed by atoms with Gasteiger partial charge in [-0.2, -0.15) is 0 Å². The maximum absolute atomic E-state index is 11.9. The van der Waals surface area contributed by atoms with Crippen LogP contribution in [0.3, 0.4) is 0 Å². The molecule has 1 heterocycles. The highest BCUT2D eigenvalue weighted by Crippen LogP contribution is 2.28. The second kappa shape index (κ2) is 8.12. The Morgan fingerprint density at radius 2 is 1.80 bits per heavy atom. The number of thiophene rings is 1. The van der Waals surface area contributed by atoms with Crippen LogP contribution in [-0.2, 0) is 14.3 Å². The summed E-state index contributed by atoms with van der Waals surface area (Å²) in [6, 6.07) is 14.0. The maximum atomic E-state index is 11.9. The van der Waals surface area contributed by atoms with Gasteiger partial charge in [0.2, 0.25) is 0 Å². The van der Waals surface area contributed by atoms with Crippen LogP contribution >= 0.6 is 11.3 Å². The smallest absolute Gasteiger partial charge is 0.331 e. The Morgan fingerprint density at radius 3 is 2.44 bits per heavy atom. The predicted molar refractivity (Wildman–Crippen MR) is 102 cm³/mol. The quantitative estimate of drug-likeness (QED) is 0.642. The first-order chi connectivity index (χ1) is 11.7. The fourth-order valence-corrected chi connectivity index (χ4v) is 3.00. The van der Waals surface area contributed by atoms with Gasteiger partial charge in [0.25, 0.3) is 5.91 Å². The van der Waals surface area contributed by atoms with Gasteiger partial charge in [0, 0.05) is 21.4 Å². The number of hydrogen-bond donors (Lipinski definition) is 1. The standard InChI is InChI=1S/C20H23NO3S/c1-14(19(23)21-20(2,3)4)24-18(22)13-11-16-10-12-17(25-16)15-8-6-5-7-9-15/h5-14H,1-4H3,(H,21,23)/b13-11+/t14-/m0/s1. The highest BCUT2D eigenvalue weighted by Gasteiger charge is 2.21. The summed E-state index contributed by atoms with van der Waals surface area (Å²) in [5.41, 5.74) is 0.778. The zero-order chi connectivity index (χ0) is 18.4. The van der Waals surface area contributed by atoms with E-state index in [1.54, 1.807) is 24.3 Å². The molecule has 2 aromatic rings. The lowest BCUT2D eigenvalue weighted by Crippen LogP contribution is -2.46. The number of carbonyl (C=O) groups is 2. The number of ether oxygens (including phenoxy) is 1. The molecule has 1 amide bonds. The van der Waals surface area contributed by atoms with E-state index < -0.39 is 12.1 Å². The maximum Gasteiger partial charge on any atom is 0.331 e. The van der Waals surface area contributed by atoms with Crippen molar-refractivity contribution in [3.05, 3.63) is 53.4 Å². The summed E-state index contributed by atoms with van der Waals surface area (Å²) in [7, 11) is 0. The molecule has 0 saturated heterocycles. The molecule has 5 heteroatoms. The molecule has 4 nitrogen and oxygen atoms in total. The Bertz CT molecular complexity index is 757. The molecule has 0 radical (unpaired) electrons. The number of carbonyl (C=O) groups excluding carboxylic acids is 2. The fourth-order valence-electron chi connectivity index (χ4n) is 2.09. The largest absolute Gasteiger partial charge is 0.449 e. The van der Waals surface area contributed by atoms with Crippen LogP contribution in [-0.4, -0.2) is 23.5 Å². The lowest BCUT2D eigenvalue weighted by atomic mass is 10.1. The summed E-state index contributed by atoms with van der Waals surface area (Å²) in [6.45, 7) is 7.19. The van der Waals surface area contributed by atoms with Crippen molar-refractivity contribution in [2.45, 2.75) is 39.3 Å². The second-order valence-electron chi connectivity index (χ2n) is 6.72. The number of esters is 1. The molecule has 1 aromatic heterocycles. The Hall–Kier alpha value is -2.40. The molecule has 0 bridgehead atoms. The van der Waals surface area contributed by atoms with Crippen LogP contribution in [0.25, 0.3) is 16.5 Å². The van der Waals surface area contributed by atoms with E-state index in [4.69, 9.17) is 4.74 Å². The molecular formula is C20H23NO3S. The van der Waals surface area contributed by atoms with Gasteiger partial charge < -0.3 is 10.1 Å². The first-order valence-electron chi connectivity index (χ1n) is 8.10. The molecule has 25 heavy (non-hydrogen) atoms. The number of nitrogens with one attached hydrogen (secondary N) is 1. The number of hydrogen-bond acceptors (Lipinski definition) is 4. The third kappa shape index (κ3) is 6.19. The zero-order valence-electron chi connectivity index (χ0n) is 14.9. The van der Waals surface area contributed by atoms with Gasteiger partial charge in [-0.3, -0.25) is 4.79 Å². The Balaban J connectivity index is 1.92. The monoisotopic (exact) mass is 357 g/mol. The summed E-state index contributed by atoms with van der Waals surface area (Å²) in [5.74, 6) is -0.844. The molecule has 0 fully saturated rings. The molecule has 132 valence electrons. The molecule has 0 unspecified atom stereocenters. The highest BCUT2D eigenvalue weighted by atomic mass is 32.1. The van der Waals surface area contributed by atoms with Gasteiger partial charge in [-0.1, -0.05) is 30.3 Å². The van der Waals surface area contributed by atoms with Gasteiger partial charge in [-0.05, 0) is 51.5 Å². The molecule has 0 spiro atoms. The first kappa shape index (κ1) is 18.9. The van der Waals surface area contributed by atoms with E-state index in [9.17, 15) is 9.59 Å². The normalized spacial score (nSPS) is 12.8. The van der Waals surface area contributed by atoms with Crippen molar-refractivity contribution < 1.29 is 14.3 Å². The molecule has 0 aliphatic rings. The average Bonchev–Trinajstić information content (AvgIpc) is 3.01. The van der Waals surface area contributed by atoms with Gasteiger partial charge in [-0.25, -0.2) is 4.79 Å². The zero-order valence-corrected chi connectivity index (χ0v) is 15.7. The number of rotatable bonds is 5. The van der Waals surface area contributed by atoms with Gasteiger partial charge in [0.1, 0.15) is 0 Å². The minimum absolute atomic E-state index is 0.309. The molecule has 1 aromatic carbocycles. The highest BCUT2D eigenvalue weighted by molar-refractivity contribution is 7.16. The molecule has 0 aliphatic carbocycles. The van der Waals surface area contributed by atoms with Gasteiger partial charge in [0.15, 0.2) is 6.10 Å². The van der Waals surface area contributed by atoms with Crippen molar-refractivity contribution in [2.24, 2.45) is 0 Å². The Kier molecular flexibility index (Phi) is 6.15. The summed E-state index contributed by atoms with van der Waals surface area (Å²) >= 11 is 1.59. The fraction of sp³-hybridized carbons (Fsp3) is 0.300. The van der Waals surface area contributed by atoms with Crippen LogP contribution < -0.4 is 5.32 Å². The van der Waals surface area contributed by atoms with Gasteiger partial charge in [0.05, 0.1) is 0 Å². The third-order valence-corrected chi connectivity index (χ3v) is 4.33. The molecule has 2 rings (SSSR count). The SMILES string of the molecule is C[C@H](OC(=O)/C=C/c1ccc(-c2ccccc2)s1)C(=O)NC(C)(C)C. The summed E-state index contributed by atoms with van der Waals surface area (Å²) in [6.07, 6.45) is 2.22. The lowest BCUT2D eigenvalue weighted by Gasteiger charge is -2.22. The van der Waals surface area contributed by atoms with E-state index in [-0.39, 0.29) is 11.4 Å². The molecule has 0 aliphatic heterocycles. The van der Waals surface area contributed by atoms with Crippen molar-refractivity contribution in [1.29, 1.82) is 0 Å². The lowest BCUT2D eigenvalue weighted by molar-refractivity contribution is -0.150. The predicted octanol–water partition coefficient (Wildman–Crippen LogP) is 4.27. The van der Waals surface area contributed by atoms with E-state index >= 15 is 0 Å². The first-order valence-corrected chi connectivity index (χ1v) is 8.92. The van der Waals surface area contributed by atoms with Gasteiger partial charge in [-0.15, -0.1) is 11.3 Å². The van der Waals surface area contributed by atoms with E-state index in [1.807, 2.05) is 63.2 Å². The summed E-state index contributed by atoms with van der Waals surface area (Å²) < 4.78 is 5.14. The van der Waals surface area contributed by atoms with Crippen molar-refractivity contribution in [3.8, 4) is 10.4 Å². The van der Waals surface area contributed by atoms with Crippen LogP contribution in [0.5, 0.6) is 0 Å². The van der Waals surface area contributed by atoms with Crippen molar-refractivity contribution in [1.82, 2.24) is 5.32 Å². The van der Waals surface area contributed by atoms with Crippen LogP contribution in [0.1, 0.15) is 32.6 Å². The molecule has 0 saturated carbocycles. The van der Waals surface area contributed by atoms with E-state index in [1.165, 1.54) is 6.08 Å². The Morgan fingerprint density at radius 1 is 1.12 bits per heavy atom. The van der Waals surface area contributed by atoms with Crippen molar-refractivity contribution in [3.63, 3.8) is 0 Å². The summed E-state index contributed by atoms with van der Waals surface area (Å²) in [4.78, 5) is 25.9. The van der Waals surface area contributed by atoms with E-state index in [0.717, 1.165) is 15.3 Å². The number of amides is 1. The van der Waals surface area contributed by atoms with Gasteiger partial charge >= 0.3 is 5.97 Å². The Labute approximate surface area is 152 Å². The van der Waals surface area contributed by atoms with Crippen LogP contribution in [0.2, 0.25) is 0 Å². The van der Waals surface area contributed by atoms with Crippen molar-refractivity contribution >= 4 is 29.3 Å². The molecule has 1 atom stereocenters. The van der Waals surface area contributed by atoms with Crippen LogP contribution in [0, 0.1) is 0 Å². The number of benzene rings is 1. The topological polar surface area (TPSA) is 55.4 Å². The van der Waals surface area contributed by atoms with Crippen LogP contribution in [0.4, 0.5) is 0 Å². The van der Waals surface area contributed by atoms with Crippen LogP contribution in [0.15, 0.2) is 48.5 Å². The average molecular weight is 357 g/mol. The minimum Gasteiger partial charge on any atom is -0.449 e. The third-order valence-electron chi connectivity index (χ3n) is 3.23. The van der Waals surface area contributed by atoms with Crippen molar-refractivity contribution in [2.75, 3.05) is 0 Å². The molecule has 1 N–H and O–H groups in total. The molecular weight excluding hydrogens is 334 g/mol. The van der Waals surface area contributed by atoms with E-state index in [2.05, 4.69) is 5.32 Å². The second-order valence-corrected chi connectivity index (χ2v) is 7.84. The summed E-state index contributed by atoms with van der Waals surface area (Å²) in [5, 5.41) is 2.78. The van der Waals surface area contributed by atoms with E-state index in [0.29, 0.717) is 0 Å².